The predicted octanol–water partition coefficient (Wildman–Crippen LogP) is 2.91. The summed E-state index contributed by atoms with van der Waals surface area (Å²) in [4.78, 5) is 15.1. The molecule has 0 fully saturated rings. The van der Waals surface area contributed by atoms with Crippen LogP contribution in [0.1, 0.15) is 20.3 Å². The summed E-state index contributed by atoms with van der Waals surface area (Å²) in [5.74, 6) is -0.181. The van der Waals surface area contributed by atoms with Crippen LogP contribution in [0.3, 0.4) is 0 Å². The van der Waals surface area contributed by atoms with Crippen LogP contribution in [-0.2, 0) is 4.79 Å². The third-order valence-electron chi connectivity index (χ3n) is 1.40. The Morgan fingerprint density at radius 2 is 2.27 bits per heavy atom. The molecule has 0 spiro atoms. The first-order valence-corrected chi connectivity index (χ1v) is 5.38. The average Bonchev–Trinajstić information content (AvgIpc) is 2.14. The fraction of sp³-hybridized carbons (Fsp3) is 0.273. The fourth-order valence-electron chi connectivity index (χ4n) is 0.874. The van der Waals surface area contributed by atoms with E-state index < -0.39 is 0 Å². The molecule has 0 unspecified atom stereocenters. The van der Waals surface area contributed by atoms with E-state index in [0.717, 1.165) is 12.1 Å². The molecule has 0 aromatic carbocycles. The first-order valence-electron chi connectivity index (χ1n) is 4.59. The number of allylic oxidation sites excluding steroid dienone is 3. The van der Waals surface area contributed by atoms with Crippen molar-refractivity contribution in [2.24, 2.45) is 4.99 Å². The zero-order valence-electron chi connectivity index (χ0n) is 8.96. The second-order valence-electron chi connectivity index (χ2n) is 2.77. The molecule has 0 bridgehead atoms. The van der Waals surface area contributed by atoms with Gasteiger partial charge in [0.2, 0.25) is 5.91 Å². The molecule has 0 aliphatic heterocycles. The first kappa shape index (κ1) is 13.8. The lowest BCUT2D eigenvalue weighted by atomic mass is 10.3. The standard InChI is InChI=1S/C11H15BrN2O/c1-4-6-9(3)14-11(15)7-10(12)8-13-5-2/h5-8H,2,4H2,1,3H3,(H,14,15)/b9-6+,10-7-,13-8?. The minimum absolute atomic E-state index is 0.181. The predicted molar refractivity (Wildman–Crippen MR) is 67.9 cm³/mol. The van der Waals surface area contributed by atoms with Gasteiger partial charge in [-0.25, -0.2) is 0 Å². The second kappa shape index (κ2) is 8.17. The van der Waals surface area contributed by atoms with Crippen molar-refractivity contribution in [3.8, 4) is 0 Å². The fourth-order valence-corrected chi connectivity index (χ4v) is 1.20. The van der Waals surface area contributed by atoms with Gasteiger partial charge < -0.3 is 5.32 Å². The molecule has 0 radical (unpaired) electrons. The van der Waals surface area contributed by atoms with Gasteiger partial charge in [0.15, 0.2) is 0 Å². The van der Waals surface area contributed by atoms with Crippen molar-refractivity contribution >= 4 is 28.1 Å². The van der Waals surface area contributed by atoms with E-state index in [1.807, 2.05) is 19.9 Å². The smallest absolute Gasteiger partial charge is 0.249 e. The normalized spacial score (nSPS) is 13.0. The molecule has 0 heterocycles. The lowest BCUT2D eigenvalue weighted by Gasteiger charge is -2.00. The molecule has 0 atom stereocenters. The highest BCUT2D eigenvalue weighted by molar-refractivity contribution is 9.12. The summed E-state index contributed by atoms with van der Waals surface area (Å²) in [5, 5.41) is 2.72. The summed E-state index contributed by atoms with van der Waals surface area (Å²) >= 11 is 3.19. The van der Waals surface area contributed by atoms with Gasteiger partial charge in [-0.3, -0.25) is 9.79 Å². The maximum absolute atomic E-state index is 11.4. The maximum Gasteiger partial charge on any atom is 0.249 e. The number of hydrogen-bond acceptors (Lipinski definition) is 2. The van der Waals surface area contributed by atoms with Crippen LogP contribution in [0.5, 0.6) is 0 Å². The van der Waals surface area contributed by atoms with Gasteiger partial charge in [-0.1, -0.05) is 19.6 Å². The Kier molecular flexibility index (Phi) is 7.54. The van der Waals surface area contributed by atoms with Crippen molar-refractivity contribution in [3.05, 3.63) is 35.1 Å². The van der Waals surface area contributed by atoms with E-state index in [0.29, 0.717) is 4.48 Å². The number of nitrogens with one attached hydrogen (secondary N) is 1. The number of aliphatic imine (C=N–C) groups is 1. The minimum atomic E-state index is -0.181. The van der Waals surface area contributed by atoms with Gasteiger partial charge in [0.25, 0.3) is 0 Å². The SMILES string of the molecule is C=CN=C/C(Br)=C/C(=O)N/C(C)=C/CC. The van der Waals surface area contributed by atoms with Gasteiger partial charge in [-0.15, -0.1) is 0 Å². The minimum Gasteiger partial charge on any atom is -0.327 e. The van der Waals surface area contributed by atoms with Gasteiger partial charge in [0.1, 0.15) is 0 Å². The molecule has 82 valence electrons. The number of amides is 1. The highest BCUT2D eigenvalue weighted by Crippen LogP contribution is 2.01. The van der Waals surface area contributed by atoms with E-state index in [1.165, 1.54) is 18.5 Å². The average molecular weight is 271 g/mol. The second-order valence-corrected chi connectivity index (χ2v) is 3.69. The maximum atomic E-state index is 11.4. The summed E-state index contributed by atoms with van der Waals surface area (Å²) < 4.78 is 0.601. The Morgan fingerprint density at radius 3 is 2.80 bits per heavy atom. The van der Waals surface area contributed by atoms with Crippen LogP contribution in [0.4, 0.5) is 0 Å². The molecular formula is C11H15BrN2O. The zero-order chi connectivity index (χ0) is 11.7. The monoisotopic (exact) mass is 270 g/mol. The third kappa shape index (κ3) is 7.88. The molecule has 0 saturated carbocycles. The van der Waals surface area contributed by atoms with Crippen molar-refractivity contribution in [3.63, 3.8) is 0 Å². The van der Waals surface area contributed by atoms with Crippen molar-refractivity contribution in [1.29, 1.82) is 0 Å². The summed E-state index contributed by atoms with van der Waals surface area (Å²) in [6, 6.07) is 0. The van der Waals surface area contributed by atoms with Crippen LogP contribution in [0.2, 0.25) is 0 Å². The van der Waals surface area contributed by atoms with E-state index in [2.05, 4.69) is 32.8 Å². The molecule has 0 aromatic heterocycles. The Morgan fingerprint density at radius 1 is 1.60 bits per heavy atom. The molecule has 1 amide bonds. The molecule has 3 nitrogen and oxygen atoms in total. The number of hydrogen-bond donors (Lipinski definition) is 1. The molecule has 4 heteroatoms. The van der Waals surface area contributed by atoms with E-state index in [-0.39, 0.29) is 5.91 Å². The first-order chi connectivity index (χ1) is 7.10. The van der Waals surface area contributed by atoms with Crippen LogP contribution in [-0.4, -0.2) is 12.1 Å². The molecular weight excluding hydrogens is 256 g/mol. The summed E-state index contributed by atoms with van der Waals surface area (Å²) in [6.45, 7) is 7.29. The molecule has 0 aromatic rings. The number of halogens is 1. The zero-order valence-corrected chi connectivity index (χ0v) is 10.5. The topological polar surface area (TPSA) is 41.5 Å². The lowest BCUT2D eigenvalue weighted by molar-refractivity contribution is -0.115. The van der Waals surface area contributed by atoms with Crippen LogP contribution < -0.4 is 5.32 Å². The third-order valence-corrected chi connectivity index (χ3v) is 1.84. The summed E-state index contributed by atoms with van der Waals surface area (Å²) in [7, 11) is 0. The highest BCUT2D eigenvalue weighted by atomic mass is 79.9. The Bertz CT molecular complexity index is 317. The summed E-state index contributed by atoms with van der Waals surface area (Å²) in [5.41, 5.74) is 0.847. The molecule has 0 aliphatic rings. The van der Waals surface area contributed by atoms with Crippen LogP contribution in [0.25, 0.3) is 0 Å². The van der Waals surface area contributed by atoms with Gasteiger partial charge >= 0.3 is 0 Å². The van der Waals surface area contributed by atoms with E-state index in [4.69, 9.17) is 0 Å². The molecule has 0 saturated heterocycles. The van der Waals surface area contributed by atoms with Crippen LogP contribution >= 0.6 is 15.9 Å². The van der Waals surface area contributed by atoms with Crippen molar-refractivity contribution in [2.45, 2.75) is 20.3 Å². The Labute approximate surface area is 98.8 Å². The molecule has 15 heavy (non-hydrogen) atoms. The summed E-state index contributed by atoms with van der Waals surface area (Å²) in [6.07, 6.45) is 7.16. The Hall–Kier alpha value is -1.16. The van der Waals surface area contributed by atoms with E-state index >= 15 is 0 Å². The van der Waals surface area contributed by atoms with Crippen molar-refractivity contribution < 1.29 is 4.79 Å². The van der Waals surface area contributed by atoms with Crippen molar-refractivity contribution in [2.75, 3.05) is 0 Å². The van der Waals surface area contributed by atoms with Crippen LogP contribution in [0.15, 0.2) is 40.1 Å². The highest BCUT2D eigenvalue weighted by Gasteiger charge is 1.97. The van der Waals surface area contributed by atoms with Crippen LogP contribution in [0, 0.1) is 0 Å². The lowest BCUT2D eigenvalue weighted by Crippen LogP contribution is -2.18. The molecule has 0 aliphatic carbocycles. The van der Waals surface area contributed by atoms with Gasteiger partial charge in [0.05, 0.1) is 0 Å². The van der Waals surface area contributed by atoms with Crippen molar-refractivity contribution in [1.82, 2.24) is 5.32 Å². The Balaban J connectivity index is 4.29. The number of carbonyl (C=O) groups is 1. The van der Waals surface area contributed by atoms with E-state index in [9.17, 15) is 4.79 Å². The number of nitrogens with zero attached hydrogens (tertiary/aromatic N) is 1. The van der Waals surface area contributed by atoms with Gasteiger partial charge in [0, 0.05) is 28.7 Å². The number of rotatable bonds is 5. The van der Waals surface area contributed by atoms with Gasteiger partial charge in [-0.05, 0) is 29.3 Å². The van der Waals surface area contributed by atoms with Gasteiger partial charge in [-0.2, -0.15) is 0 Å². The quantitative estimate of drug-likeness (QED) is 0.606. The largest absolute Gasteiger partial charge is 0.327 e. The number of carbonyl (C=O) groups excluding carboxylic acids is 1. The van der Waals surface area contributed by atoms with E-state index in [1.54, 1.807) is 0 Å². The molecule has 1 N–H and O–H groups in total. The molecule has 0 rings (SSSR count).